The SMILES string of the molecule is CC#CCC[C@H](O)[C@H](C[C@H](OCc1ccc(OC)c(OC)c1)[C@H](O)C1([C@H](C)[C@@H](O)[C@@H](C)[C@H](O)C[C@H](COC)OCc2ccc(OC)cc2)SCCCS1)OC. The quantitative estimate of drug-likeness (QED) is 0.0911. The van der Waals surface area contributed by atoms with Gasteiger partial charge in [-0.25, -0.2) is 0 Å². The number of rotatable bonds is 25. The summed E-state index contributed by atoms with van der Waals surface area (Å²) in [4.78, 5) is 0. The van der Waals surface area contributed by atoms with Crippen molar-refractivity contribution in [3.63, 3.8) is 0 Å². The minimum Gasteiger partial charge on any atom is -0.497 e. The number of aliphatic hydroxyl groups excluding tert-OH is 4. The second-order valence-corrected chi connectivity index (χ2v) is 17.0. The lowest BCUT2D eigenvalue weighted by molar-refractivity contribution is -0.109. The second-order valence-electron chi connectivity index (χ2n) is 14.0. The smallest absolute Gasteiger partial charge is 0.161 e. The summed E-state index contributed by atoms with van der Waals surface area (Å²) in [7, 11) is 7.91. The molecule has 9 atom stereocenters. The van der Waals surface area contributed by atoms with Gasteiger partial charge in [0.1, 0.15) is 11.9 Å². The Morgan fingerprint density at radius 3 is 2.02 bits per heavy atom. The van der Waals surface area contributed by atoms with Crippen LogP contribution in [0.5, 0.6) is 17.2 Å². The molecule has 0 radical (unpaired) electrons. The first-order valence-corrected chi connectivity index (χ1v) is 20.9. The highest BCUT2D eigenvalue weighted by Crippen LogP contribution is 2.53. The molecule has 1 saturated heterocycles. The largest absolute Gasteiger partial charge is 0.497 e. The molecular formula is C42H64O11S2. The van der Waals surface area contributed by atoms with Crippen molar-refractivity contribution in [1.29, 1.82) is 0 Å². The van der Waals surface area contributed by atoms with Crippen molar-refractivity contribution in [1.82, 2.24) is 0 Å². The Bertz CT molecular complexity index is 1430. The third-order valence-corrected chi connectivity index (χ3v) is 14.2. The van der Waals surface area contributed by atoms with Crippen molar-refractivity contribution in [3.8, 4) is 29.1 Å². The van der Waals surface area contributed by atoms with Crippen molar-refractivity contribution < 1.29 is 53.6 Å². The molecule has 2 aromatic rings. The van der Waals surface area contributed by atoms with Gasteiger partial charge in [0.2, 0.25) is 0 Å². The molecule has 1 heterocycles. The van der Waals surface area contributed by atoms with Gasteiger partial charge in [-0.05, 0) is 66.7 Å². The number of hydrogen-bond donors (Lipinski definition) is 4. The van der Waals surface area contributed by atoms with Crippen LogP contribution in [-0.4, -0.2) is 121 Å². The zero-order valence-corrected chi connectivity index (χ0v) is 35.4. The highest BCUT2D eigenvalue weighted by atomic mass is 32.2. The fourth-order valence-electron chi connectivity index (χ4n) is 6.87. The topological polar surface area (TPSA) is 146 Å². The molecular weight excluding hydrogens is 745 g/mol. The highest BCUT2D eigenvalue weighted by molar-refractivity contribution is 8.18. The van der Waals surface area contributed by atoms with Crippen LogP contribution in [0.25, 0.3) is 0 Å². The van der Waals surface area contributed by atoms with Crippen LogP contribution in [0, 0.1) is 23.7 Å². The van der Waals surface area contributed by atoms with Gasteiger partial charge in [-0.1, -0.05) is 32.0 Å². The maximum atomic E-state index is 12.6. The second kappa shape index (κ2) is 24.5. The summed E-state index contributed by atoms with van der Waals surface area (Å²) in [6, 6.07) is 13.1. The van der Waals surface area contributed by atoms with E-state index < -0.39 is 58.6 Å². The molecule has 55 heavy (non-hydrogen) atoms. The van der Waals surface area contributed by atoms with E-state index in [1.54, 1.807) is 72.1 Å². The van der Waals surface area contributed by atoms with Crippen LogP contribution in [0.3, 0.4) is 0 Å². The van der Waals surface area contributed by atoms with Gasteiger partial charge in [0.05, 0.1) is 81.9 Å². The monoisotopic (exact) mass is 808 g/mol. The van der Waals surface area contributed by atoms with E-state index in [9.17, 15) is 20.4 Å². The number of thioether (sulfide) groups is 2. The van der Waals surface area contributed by atoms with Crippen molar-refractivity contribution in [3.05, 3.63) is 53.6 Å². The first-order chi connectivity index (χ1) is 26.5. The number of ether oxygens (including phenoxy) is 7. The fraction of sp³-hybridized carbons (Fsp3) is 0.667. The van der Waals surface area contributed by atoms with Crippen LogP contribution < -0.4 is 14.2 Å². The van der Waals surface area contributed by atoms with Gasteiger partial charge < -0.3 is 53.6 Å². The maximum absolute atomic E-state index is 12.6. The number of hydrogen-bond acceptors (Lipinski definition) is 13. The van der Waals surface area contributed by atoms with Crippen LogP contribution in [0.2, 0.25) is 0 Å². The summed E-state index contributed by atoms with van der Waals surface area (Å²) in [6.07, 6.45) is -3.38. The Morgan fingerprint density at radius 1 is 0.764 bits per heavy atom. The average Bonchev–Trinajstić information content (AvgIpc) is 3.22. The molecule has 0 aromatic heterocycles. The van der Waals surface area contributed by atoms with E-state index in [1.807, 2.05) is 50.2 Å². The molecule has 0 amide bonds. The highest BCUT2D eigenvalue weighted by Gasteiger charge is 2.52. The molecule has 0 saturated carbocycles. The first-order valence-electron chi connectivity index (χ1n) is 19.0. The van der Waals surface area contributed by atoms with Gasteiger partial charge in [0.25, 0.3) is 0 Å². The van der Waals surface area contributed by atoms with Crippen molar-refractivity contribution in [2.24, 2.45) is 11.8 Å². The van der Waals surface area contributed by atoms with E-state index in [1.165, 1.54) is 0 Å². The van der Waals surface area contributed by atoms with Crippen LogP contribution in [-0.2, 0) is 32.2 Å². The van der Waals surface area contributed by atoms with Crippen LogP contribution in [0.4, 0.5) is 0 Å². The Labute approximate surface area is 337 Å². The average molecular weight is 809 g/mol. The van der Waals surface area contributed by atoms with Gasteiger partial charge in [0, 0.05) is 45.3 Å². The molecule has 1 aliphatic heterocycles. The van der Waals surface area contributed by atoms with E-state index in [-0.39, 0.29) is 26.1 Å². The maximum Gasteiger partial charge on any atom is 0.161 e. The van der Waals surface area contributed by atoms with Gasteiger partial charge in [-0.15, -0.1) is 35.4 Å². The number of benzene rings is 2. The lowest BCUT2D eigenvalue weighted by Gasteiger charge is -2.49. The Hall–Kier alpha value is -2.22. The Kier molecular flexibility index (Phi) is 21.0. The first kappa shape index (κ1) is 47.2. The summed E-state index contributed by atoms with van der Waals surface area (Å²) in [5.41, 5.74) is 1.77. The van der Waals surface area contributed by atoms with Crippen LogP contribution in [0.15, 0.2) is 42.5 Å². The van der Waals surface area contributed by atoms with E-state index in [4.69, 9.17) is 33.2 Å². The molecule has 13 heteroatoms. The molecule has 0 bridgehead atoms. The molecule has 3 rings (SSSR count). The lowest BCUT2D eigenvalue weighted by Crippen LogP contribution is -2.56. The molecule has 11 nitrogen and oxygen atoms in total. The molecule has 0 unspecified atom stereocenters. The summed E-state index contributed by atoms with van der Waals surface area (Å²) in [6.45, 7) is 6.28. The predicted octanol–water partition coefficient (Wildman–Crippen LogP) is 5.71. The molecule has 310 valence electrons. The Morgan fingerprint density at radius 2 is 1.42 bits per heavy atom. The third kappa shape index (κ3) is 13.7. The third-order valence-electron chi connectivity index (χ3n) is 10.4. The van der Waals surface area contributed by atoms with Gasteiger partial charge in [-0.3, -0.25) is 0 Å². The zero-order chi connectivity index (χ0) is 40.4. The molecule has 0 spiro atoms. The van der Waals surface area contributed by atoms with Crippen molar-refractivity contribution in [2.75, 3.05) is 53.7 Å². The van der Waals surface area contributed by atoms with E-state index >= 15 is 0 Å². The Balaban J connectivity index is 1.85. The van der Waals surface area contributed by atoms with E-state index in [0.29, 0.717) is 30.9 Å². The molecule has 4 N–H and O–H groups in total. The van der Waals surface area contributed by atoms with Gasteiger partial charge >= 0.3 is 0 Å². The lowest BCUT2D eigenvalue weighted by atomic mass is 9.82. The molecule has 1 aliphatic rings. The molecule has 0 aliphatic carbocycles. The van der Waals surface area contributed by atoms with E-state index in [0.717, 1.165) is 34.8 Å². The van der Waals surface area contributed by atoms with Gasteiger partial charge in [-0.2, -0.15) is 0 Å². The van der Waals surface area contributed by atoms with Crippen LogP contribution in [0.1, 0.15) is 64.0 Å². The molecule has 1 fully saturated rings. The van der Waals surface area contributed by atoms with Gasteiger partial charge in [0.15, 0.2) is 11.5 Å². The minimum atomic E-state index is -1.09. The van der Waals surface area contributed by atoms with E-state index in [2.05, 4.69) is 11.8 Å². The predicted molar refractivity (Wildman–Crippen MR) is 219 cm³/mol. The summed E-state index contributed by atoms with van der Waals surface area (Å²) in [5.74, 6) is 8.28. The zero-order valence-electron chi connectivity index (χ0n) is 33.8. The standard InChI is InChI=1S/C42H64O11S2/c1-9-10-11-13-34(43)37(50-7)24-39(53-26-31-16-19-36(49-6)38(22-31)51-8)41(46)42(54-20-12-21-55-42)29(3)40(45)28(2)35(44)23-33(27-47-4)52-25-30-14-17-32(48-5)18-15-30/h14-19,22,28-29,33-35,37,39-41,43-46H,11-13,20-21,23-27H2,1-8H3/t28-,29+,33+,34-,35+,37-,39-,40-,41-/m0/s1. The summed E-state index contributed by atoms with van der Waals surface area (Å²) >= 11 is 3.23. The van der Waals surface area contributed by atoms with Crippen molar-refractivity contribution >= 4 is 23.5 Å². The fourth-order valence-corrected chi connectivity index (χ4v) is 10.6. The summed E-state index contributed by atoms with van der Waals surface area (Å²) < 4.78 is 39.3. The normalized spacial score (nSPS) is 19.1. The molecule has 2 aromatic carbocycles. The van der Waals surface area contributed by atoms with Crippen LogP contribution >= 0.6 is 23.5 Å². The number of aliphatic hydroxyl groups is 4. The van der Waals surface area contributed by atoms with Crippen molar-refractivity contribution in [2.45, 2.75) is 113 Å². The minimum absolute atomic E-state index is 0.144. The summed E-state index contributed by atoms with van der Waals surface area (Å²) in [5, 5.41) is 47.3. The number of methoxy groups -OCH3 is 5.